The van der Waals surface area contributed by atoms with Gasteiger partial charge in [-0.2, -0.15) is 17.5 Å². The highest BCUT2D eigenvalue weighted by Crippen LogP contribution is 2.37. The summed E-state index contributed by atoms with van der Waals surface area (Å²) in [5, 5.41) is -0.502. The average Bonchev–Trinajstić information content (AvgIpc) is 2.92. The smallest absolute Gasteiger partial charge is 0.294 e. The van der Waals surface area contributed by atoms with Crippen molar-refractivity contribution in [1.82, 2.24) is 9.21 Å². The summed E-state index contributed by atoms with van der Waals surface area (Å²) in [7, 11) is -4.01. The molecule has 0 saturated carbocycles. The maximum Gasteiger partial charge on any atom is 0.417 e. The quantitative estimate of drug-likeness (QED) is 0.722. The fourth-order valence-electron chi connectivity index (χ4n) is 4.35. The third-order valence-electron chi connectivity index (χ3n) is 5.68. The van der Waals surface area contributed by atoms with Crippen molar-refractivity contribution < 1.29 is 21.6 Å². The van der Waals surface area contributed by atoms with Crippen LogP contribution in [0.3, 0.4) is 0 Å². The van der Waals surface area contributed by atoms with Crippen molar-refractivity contribution in [3.05, 3.63) is 28.8 Å². The van der Waals surface area contributed by atoms with E-state index in [4.69, 9.17) is 11.6 Å². The van der Waals surface area contributed by atoms with Crippen molar-refractivity contribution in [1.29, 1.82) is 0 Å². The molecule has 4 nitrogen and oxygen atoms in total. The number of hydrogen-bond donors (Lipinski definition) is 0. The van der Waals surface area contributed by atoms with Gasteiger partial charge in [-0.15, -0.1) is 0 Å². The Kier molecular flexibility index (Phi) is 5.83. The predicted molar refractivity (Wildman–Crippen MR) is 98.2 cm³/mol. The van der Waals surface area contributed by atoms with Gasteiger partial charge in [-0.3, -0.25) is 4.90 Å². The van der Waals surface area contributed by atoms with E-state index in [-0.39, 0.29) is 10.9 Å². The molecular weight excluding hydrogens is 401 g/mol. The molecular formula is C18H24ClF3N2O2S. The number of hydrogen-bond acceptors (Lipinski definition) is 3. The molecule has 0 unspecified atom stereocenters. The molecule has 0 aromatic heterocycles. The SMILES string of the molecule is C[C@@H]1CC[C@@H](C)N1[C@H]1CCCN(S(=O)(=O)c2ccc(Cl)c(C(F)(F)F)c2)C1. The maximum absolute atomic E-state index is 13.1. The topological polar surface area (TPSA) is 40.6 Å². The largest absolute Gasteiger partial charge is 0.417 e. The van der Waals surface area contributed by atoms with Crippen molar-refractivity contribution >= 4 is 21.6 Å². The van der Waals surface area contributed by atoms with E-state index in [0.717, 1.165) is 31.4 Å². The van der Waals surface area contributed by atoms with E-state index >= 15 is 0 Å². The minimum atomic E-state index is -4.70. The Hall–Kier alpha value is -0.830. The predicted octanol–water partition coefficient (Wildman–Crippen LogP) is 4.38. The molecule has 2 saturated heterocycles. The molecule has 2 aliphatic rings. The van der Waals surface area contributed by atoms with Crippen LogP contribution in [0.25, 0.3) is 0 Å². The molecule has 0 bridgehead atoms. The van der Waals surface area contributed by atoms with Crippen molar-refractivity contribution in [3.63, 3.8) is 0 Å². The third kappa shape index (κ3) is 4.13. The van der Waals surface area contributed by atoms with Crippen molar-refractivity contribution in [2.24, 2.45) is 0 Å². The van der Waals surface area contributed by atoms with Crippen LogP contribution in [-0.2, 0) is 16.2 Å². The van der Waals surface area contributed by atoms with Crippen LogP contribution in [0, 0.1) is 0 Å². The first-order valence-electron chi connectivity index (χ1n) is 9.16. The summed E-state index contributed by atoms with van der Waals surface area (Å²) in [5.74, 6) is 0. The van der Waals surface area contributed by atoms with Gasteiger partial charge in [0.25, 0.3) is 0 Å². The maximum atomic E-state index is 13.1. The van der Waals surface area contributed by atoms with E-state index in [1.54, 1.807) is 0 Å². The zero-order chi connectivity index (χ0) is 20.0. The van der Waals surface area contributed by atoms with E-state index in [0.29, 0.717) is 37.7 Å². The third-order valence-corrected chi connectivity index (χ3v) is 7.87. The first-order valence-corrected chi connectivity index (χ1v) is 11.0. The molecule has 0 aliphatic carbocycles. The highest BCUT2D eigenvalue weighted by atomic mass is 35.5. The van der Waals surface area contributed by atoms with Crippen LogP contribution in [-0.4, -0.2) is 48.8 Å². The second-order valence-electron chi connectivity index (χ2n) is 7.52. The molecule has 3 atom stereocenters. The van der Waals surface area contributed by atoms with Crippen molar-refractivity contribution in [3.8, 4) is 0 Å². The standard InChI is InChI=1S/C18H24ClF3N2O2S/c1-12-5-6-13(2)24(12)14-4-3-9-23(11-14)27(25,26)15-7-8-17(19)16(10-15)18(20,21)22/h7-8,10,12-14H,3-6,9,11H2,1-2H3/t12-,13-,14+/m1/s1. The molecule has 27 heavy (non-hydrogen) atoms. The van der Waals surface area contributed by atoms with Crippen LogP contribution in [0.1, 0.15) is 45.1 Å². The number of piperidine rings is 1. The second-order valence-corrected chi connectivity index (χ2v) is 9.87. The zero-order valence-corrected chi connectivity index (χ0v) is 16.9. The fourth-order valence-corrected chi connectivity index (χ4v) is 6.12. The molecule has 1 aromatic rings. The lowest BCUT2D eigenvalue weighted by molar-refractivity contribution is -0.137. The summed E-state index contributed by atoms with van der Waals surface area (Å²) in [6.07, 6.45) is -0.949. The fraction of sp³-hybridized carbons (Fsp3) is 0.667. The van der Waals surface area contributed by atoms with Crippen LogP contribution in [0.4, 0.5) is 13.2 Å². The molecule has 9 heteroatoms. The molecule has 0 amide bonds. The number of alkyl halides is 3. The van der Waals surface area contributed by atoms with Gasteiger partial charge in [0, 0.05) is 31.2 Å². The summed E-state index contributed by atoms with van der Waals surface area (Å²) in [6.45, 7) is 4.91. The highest BCUT2D eigenvalue weighted by Gasteiger charge is 2.40. The van der Waals surface area contributed by atoms with Gasteiger partial charge >= 0.3 is 6.18 Å². The van der Waals surface area contributed by atoms with Gasteiger partial charge in [-0.1, -0.05) is 11.6 Å². The number of nitrogens with zero attached hydrogens (tertiary/aromatic N) is 2. The zero-order valence-electron chi connectivity index (χ0n) is 15.3. The Morgan fingerprint density at radius 2 is 1.74 bits per heavy atom. The lowest BCUT2D eigenvalue weighted by Crippen LogP contribution is -2.52. The molecule has 1 aromatic carbocycles. The van der Waals surface area contributed by atoms with Gasteiger partial charge in [-0.05, 0) is 57.7 Å². The van der Waals surface area contributed by atoms with Gasteiger partial charge in [0.1, 0.15) is 0 Å². The summed E-state index contributed by atoms with van der Waals surface area (Å²) in [4.78, 5) is 2.01. The summed E-state index contributed by atoms with van der Waals surface area (Å²) in [6, 6.07) is 3.67. The number of rotatable bonds is 3. The van der Waals surface area contributed by atoms with Crippen LogP contribution in [0.15, 0.2) is 23.1 Å². The van der Waals surface area contributed by atoms with Crippen LogP contribution < -0.4 is 0 Å². The molecule has 0 spiro atoms. The second kappa shape index (κ2) is 7.54. The Balaban J connectivity index is 1.87. The molecule has 0 N–H and O–H groups in total. The average molecular weight is 425 g/mol. The van der Waals surface area contributed by atoms with Crippen LogP contribution in [0.2, 0.25) is 5.02 Å². The van der Waals surface area contributed by atoms with E-state index in [2.05, 4.69) is 18.7 Å². The van der Waals surface area contributed by atoms with Gasteiger partial charge in [0.15, 0.2) is 0 Å². The lowest BCUT2D eigenvalue weighted by atomic mass is 10.0. The number of halogens is 4. The molecule has 2 heterocycles. The highest BCUT2D eigenvalue weighted by molar-refractivity contribution is 7.89. The van der Waals surface area contributed by atoms with Crippen molar-refractivity contribution in [2.75, 3.05) is 13.1 Å². The lowest BCUT2D eigenvalue weighted by Gasteiger charge is -2.41. The minimum absolute atomic E-state index is 0.0930. The Morgan fingerprint density at radius 3 is 2.33 bits per heavy atom. The monoisotopic (exact) mass is 424 g/mol. The van der Waals surface area contributed by atoms with E-state index in [9.17, 15) is 21.6 Å². The molecule has 152 valence electrons. The Morgan fingerprint density at radius 1 is 1.11 bits per heavy atom. The summed E-state index contributed by atoms with van der Waals surface area (Å²) < 4.78 is 66.7. The number of benzene rings is 1. The van der Waals surface area contributed by atoms with Crippen LogP contribution >= 0.6 is 11.6 Å². The van der Waals surface area contributed by atoms with Crippen molar-refractivity contribution in [2.45, 2.75) is 68.7 Å². The molecule has 2 fully saturated rings. The summed E-state index contributed by atoms with van der Waals surface area (Å²) >= 11 is 5.62. The van der Waals surface area contributed by atoms with Crippen LogP contribution in [0.5, 0.6) is 0 Å². The number of sulfonamides is 1. The summed E-state index contributed by atoms with van der Waals surface area (Å²) in [5.41, 5.74) is -1.12. The minimum Gasteiger partial charge on any atom is -0.294 e. The first kappa shape index (κ1) is 20.9. The molecule has 0 radical (unpaired) electrons. The van der Waals surface area contributed by atoms with Gasteiger partial charge in [-0.25, -0.2) is 8.42 Å². The molecule has 3 rings (SSSR count). The van der Waals surface area contributed by atoms with E-state index in [1.807, 2.05) is 0 Å². The van der Waals surface area contributed by atoms with Gasteiger partial charge < -0.3 is 0 Å². The Labute approximate surface area is 163 Å². The van der Waals surface area contributed by atoms with Gasteiger partial charge in [0.2, 0.25) is 10.0 Å². The normalized spacial score (nSPS) is 28.6. The molecule has 2 aliphatic heterocycles. The van der Waals surface area contributed by atoms with Gasteiger partial charge in [0.05, 0.1) is 15.5 Å². The van der Waals surface area contributed by atoms with E-state index in [1.165, 1.54) is 4.31 Å². The van der Waals surface area contributed by atoms with E-state index < -0.39 is 26.8 Å². The first-order chi connectivity index (χ1) is 12.5. The number of likely N-dealkylation sites (tertiary alicyclic amines) is 1. The Bertz CT molecular complexity index is 790.